The Kier molecular flexibility index (Phi) is 5.37. The van der Waals surface area contributed by atoms with Gasteiger partial charge in [-0.1, -0.05) is 12.1 Å². The monoisotopic (exact) mass is 330 g/mol. The number of nitrogens with one attached hydrogen (secondary N) is 1. The molecule has 1 aliphatic rings. The van der Waals surface area contributed by atoms with Gasteiger partial charge in [-0.25, -0.2) is 4.68 Å². The Morgan fingerprint density at radius 1 is 1.29 bits per heavy atom. The van der Waals surface area contributed by atoms with E-state index < -0.39 is 0 Å². The number of aromatic nitrogens is 4. The summed E-state index contributed by atoms with van der Waals surface area (Å²) in [7, 11) is 2.14. The molecule has 0 bridgehead atoms. The minimum Gasteiger partial charge on any atom is -0.490 e. The van der Waals surface area contributed by atoms with Crippen LogP contribution in [0.25, 0.3) is 0 Å². The highest BCUT2D eigenvalue weighted by molar-refractivity contribution is 5.75. The van der Waals surface area contributed by atoms with E-state index in [1.54, 1.807) is 0 Å². The maximum Gasteiger partial charge on any atom is 0.242 e. The van der Waals surface area contributed by atoms with Crippen molar-refractivity contribution in [2.75, 3.05) is 20.1 Å². The third-order valence-electron chi connectivity index (χ3n) is 4.08. The summed E-state index contributed by atoms with van der Waals surface area (Å²) in [6.07, 6.45) is 3.83. The Morgan fingerprint density at radius 2 is 2.04 bits per heavy atom. The molecule has 0 unspecified atom stereocenters. The predicted octanol–water partition coefficient (Wildman–Crippen LogP) is 0.462. The first-order chi connectivity index (χ1) is 11.7. The molecular formula is C16H22N6O2. The van der Waals surface area contributed by atoms with Gasteiger partial charge in [0.25, 0.3) is 0 Å². The molecule has 0 radical (unpaired) electrons. The molecule has 8 nitrogen and oxygen atoms in total. The maximum absolute atomic E-state index is 11.8. The van der Waals surface area contributed by atoms with E-state index >= 15 is 0 Å². The molecule has 1 amide bonds. The number of likely N-dealkylation sites (tertiary alicyclic amines) is 1. The van der Waals surface area contributed by atoms with E-state index in [1.807, 2.05) is 24.3 Å². The predicted molar refractivity (Wildman–Crippen MR) is 87.3 cm³/mol. The summed E-state index contributed by atoms with van der Waals surface area (Å²) in [5.74, 6) is 0.752. The highest BCUT2D eigenvalue weighted by atomic mass is 16.5. The number of rotatable bonds is 6. The van der Waals surface area contributed by atoms with Gasteiger partial charge < -0.3 is 15.0 Å². The fraction of sp³-hybridized carbons (Fsp3) is 0.500. The van der Waals surface area contributed by atoms with Crippen LogP contribution in [0, 0.1) is 0 Å². The van der Waals surface area contributed by atoms with E-state index in [1.165, 1.54) is 11.0 Å². The molecule has 1 aromatic heterocycles. The van der Waals surface area contributed by atoms with Crippen LogP contribution in [0.3, 0.4) is 0 Å². The van der Waals surface area contributed by atoms with Gasteiger partial charge in [-0.2, -0.15) is 0 Å². The molecule has 0 atom stereocenters. The second kappa shape index (κ2) is 7.87. The Balaban J connectivity index is 1.43. The number of nitrogens with zero attached hydrogens (tertiary/aromatic N) is 5. The number of carbonyl (C=O) groups is 1. The lowest BCUT2D eigenvalue weighted by molar-refractivity contribution is -0.122. The quantitative estimate of drug-likeness (QED) is 0.828. The zero-order valence-corrected chi connectivity index (χ0v) is 13.8. The molecule has 1 N–H and O–H groups in total. The zero-order valence-electron chi connectivity index (χ0n) is 13.8. The number of carbonyl (C=O) groups excluding carboxylic acids is 1. The fourth-order valence-corrected chi connectivity index (χ4v) is 2.64. The summed E-state index contributed by atoms with van der Waals surface area (Å²) in [6, 6.07) is 7.87. The molecule has 128 valence electrons. The van der Waals surface area contributed by atoms with Crippen LogP contribution in [0.5, 0.6) is 5.75 Å². The highest BCUT2D eigenvalue weighted by Crippen LogP contribution is 2.19. The Bertz CT molecular complexity index is 635. The number of hydrogen-bond donors (Lipinski definition) is 1. The summed E-state index contributed by atoms with van der Waals surface area (Å²) >= 11 is 0. The van der Waals surface area contributed by atoms with Gasteiger partial charge in [0, 0.05) is 19.6 Å². The topological polar surface area (TPSA) is 85.2 Å². The van der Waals surface area contributed by atoms with E-state index in [9.17, 15) is 4.79 Å². The van der Waals surface area contributed by atoms with Gasteiger partial charge in [0.05, 0.1) is 0 Å². The number of piperidine rings is 1. The first-order valence-corrected chi connectivity index (χ1v) is 8.10. The maximum atomic E-state index is 11.8. The number of ether oxygens (including phenoxy) is 1. The second-order valence-electron chi connectivity index (χ2n) is 6.05. The molecule has 8 heteroatoms. The minimum absolute atomic E-state index is 0.115. The van der Waals surface area contributed by atoms with E-state index in [-0.39, 0.29) is 12.5 Å². The number of benzene rings is 1. The molecule has 1 aromatic carbocycles. The average Bonchev–Trinajstić information content (AvgIpc) is 3.09. The molecule has 0 saturated carbocycles. The van der Waals surface area contributed by atoms with Gasteiger partial charge in [0.2, 0.25) is 5.91 Å². The molecule has 1 saturated heterocycles. The van der Waals surface area contributed by atoms with Gasteiger partial charge in [0.15, 0.2) is 0 Å². The Hall–Kier alpha value is -2.48. The summed E-state index contributed by atoms with van der Waals surface area (Å²) < 4.78 is 7.40. The van der Waals surface area contributed by atoms with Crippen molar-refractivity contribution in [3.8, 4) is 5.75 Å². The molecule has 3 rings (SSSR count). The lowest BCUT2D eigenvalue weighted by atomic mass is 10.1. The molecule has 2 heterocycles. The molecule has 0 aliphatic carbocycles. The lowest BCUT2D eigenvalue weighted by Gasteiger charge is -2.29. The Labute approximate surface area is 140 Å². The van der Waals surface area contributed by atoms with Gasteiger partial charge in [-0.05, 0) is 48.0 Å². The van der Waals surface area contributed by atoms with Crippen molar-refractivity contribution < 1.29 is 9.53 Å². The molecule has 1 aliphatic heterocycles. The van der Waals surface area contributed by atoms with Crippen molar-refractivity contribution in [2.45, 2.75) is 32.0 Å². The van der Waals surface area contributed by atoms with Crippen LogP contribution in [0.15, 0.2) is 30.6 Å². The third kappa shape index (κ3) is 4.76. The van der Waals surface area contributed by atoms with Crippen LogP contribution >= 0.6 is 0 Å². The van der Waals surface area contributed by atoms with Crippen molar-refractivity contribution in [2.24, 2.45) is 0 Å². The van der Waals surface area contributed by atoms with E-state index in [0.29, 0.717) is 12.6 Å². The largest absolute Gasteiger partial charge is 0.490 e. The smallest absolute Gasteiger partial charge is 0.242 e. The summed E-state index contributed by atoms with van der Waals surface area (Å²) in [5.41, 5.74) is 1.02. The summed E-state index contributed by atoms with van der Waals surface area (Å²) in [5, 5.41) is 13.5. The van der Waals surface area contributed by atoms with E-state index in [4.69, 9.17) is 4.74 Å². The molecule has 2 aromatic rings. The van der Waals surface area contributed by atoms with Gasteiger partial charge >= 0.3 is 0 Å². The normalized spacial score (nSPS) is 16.0. The molecule has 0 spiro atoms. The van der Waals surface area contributed by atoms with Gasteiger partial charge in [-0.3, -0.25) is 4.79 Å². The van der Waals surface area contributed by atoms with Gasteiger partial charge in [-0.15, -0.1) is 5.10 Å². The number of hydrogen-bond acceptors (Lipinski definition) is 6. The summed E-state index contributed by atoms with van der Waals surface area (Å²) in [6.45, 7) is 2.74. The van der Waals surface area contributed by atoms with Crippen molar-refractivity contribution >= 4 is 5.91 Å². The molecular weight excluding hydrogens is 308 g/mol. The molecule has 24 heavy (non-hydrogen) atoms. The van der Waals surface area contributed by atoms with Crippen molar-refractivity contribution in [3.05, 3.63) is 36.2 Å². The van der Waals surface area contributed by atoms with Crippen molar-refractivity contribution in [1.29, 1.82) is 0 Å². The standard InChI is InChI=1S/C16H22N6O2/c1-21-8-6-15(7-9-21)24-14-4-2-13(3-5-14)10-17-16(23)11-22-12-18-19-20-22/h2-5,12,15H,6-11H2,1H3,(H,17,23). The lowest BCUT2D eigenvalue weighted by Crippen LogP contribution is -2.35. The zero-order chi connectivity index (χ0) is 16.8. The first kappa shape index (κ1) is 16.4. The van der Waals surface area contributed by atoms with Crippen LogP contribution in [0.2, 0.25) is 0 Å². The van der Waals surface area contributed by atoms with Gasteiger partial charge in [0.1, 0.15) is 24.7 Å². The number of tetrazole rings is 1. The van der Waals surface area contributed by atoms with Crippen LogP contribution in [-0.2, 0) is 17.9 Å². The Morgan fingerprint density at radius 3 is 2.71 bits per heavy atom. The molecule has 1 fully saturated rings. The van der Waals surface area contributed by atoms with E-state index in [2.05, 4.69) is 32.8 Å². The average molecular weight is 330 g/mol. The van der Waals surface area contributed by atoms with Crippen LogP contribution in [-0.4, -0.2) is 57.3 Å². The first-order valence-electron chi connectivity index (χ1n) is 8.10. The fourth-order valence-electron chi connectivity index (χ4n) is 2.64. The van der Waals surface area contributed by atoms with Crippen molar-refractivity contribution in [3.63, 3.8) is 0 Å². The highest BCUT2D eigenvalue weighted by Gasteiger charge is 2.17. The van der Waals surface area contributed by atoms with Crippen LogP contribution in [0.4, 0.5) is 0 Å². The third-order valence-corrected chi connectivity index (χ3v) is 4.08. The SMILES string of the molecule is CN1CCC(Oc2ccc(CNC(=O)Cn3cnnn3)cc2)CC1. The van der Waals surface area contributed by atoms with E-state index in [0.717, 1.165) is 37.2 Å². The second-order valence-corrected chi connectivity index (χ2v) is 6.05. The van der Waals surface area contributed by atoms with Crippen LogP contribution in [0.1, 0.15) is 18.4 Å². The van der Waals surface area contributed by atoms with Crippen LogP contribution < -0.4 is 10.1 Å². The number of amides is 1. The van der Waals surface area contributed by atoms with Crippen molar-refractivity contribution in [1.82, 2.24) is 30.4 Å². The summed E-state index contributed by atoms with van der Waals surface area (Å²) in [4.78, 5) is 14.1. The minimum atomic E-state index is -0.131.